The third kappa shape index (κ3) is 2.81. The number of carbonyl (C=O) groups excluding carboxylic acids is 1. The van der Waals surface area contributed by atoms with Gasteiger partial charge in [-0.25, -0.2) is 4.79 Å². The van der Waals surface area contributed by atoms with Crippen LogP contribution in [0, 0.1) is 0 Å². The Morgan fingerprint density at radius 1 is 1.09 bits per heavy atom. The van der Waals surface area contributed by atoms with Crippen LogP contribution in [0.15, 0.2) is 60.9 Å². The number of amides is 2. The van der Waals surface area contributed by atoms with Gasteiger partial charge in [-0.3, -0.25) is 4.68 Å². The van der Waals surface area contributed by atoms with Gasteiger partial charge < -0.3 is 10.6 Å². The molecule has 1 aromatic heterocycles. The summed E-state index contributed by atoms with van der Waals surface area (Å²) in [5.41, 5.74) is 5.39. The fourth-order valence-electron chi connectivity index (χ4n) is 2.80. The summed E-state index contributed by atoms with van der Waals surface area (Å²) in [6, 6.07) is 16.3. The van der Waals surface area contributed by atoms with Crippen molar-refractivity contribution >= 4 is 11.7 Å². The van der Waals surface area contributed by atoms with Crippen molar-refractivity contribution in [3.05, 3.63) is 72.1 Å². The first-order valence-electron chi connectivity index (χ1n) is 7.52. The van der Waals surface area contributed by atoms with Crippen molar-refractivity contribution in [1.82, 2.24) is 15.1 Å². The molecule has 2 amide bonds. The predicted octanol–water partition coefficient (Wildman–Crippen LogP) is 3.23. The zero-order valence-corrected chi connectivity index (χ0v) is 12.5. The quantitative estimate of drug-likeness (QED) is 0.780. The van der Waals surface area contributed by atoms with E-state index < -0.39 is 0 Å². The maximum Gasteiger partial charge on any atom is 0.319 e. The van der Waals surface area contributed by atoms with Crippen LogP contribution < -0.4 is 10.6 Å². The van der Waals surface area contributed by atoms with Gasteiger partial charge in [0, 0.05) is 24.6 Å². The standard InChI is InChI=1S/C18H16N4O/c23-18-19-11-16-6-5-15(10-17(16)21-18)14-4-1-3-13(9-14)12-22-8-2-7-20-22/h1-10H,11-12H2,(H2,19,21,23). The van der Waals surface area contributed by atoms with Gasteiger partial charge >= 0.3 is 6.03 Å². The van der Waals surface area contributed by atoms with Crippen LogP contribution in [0.2, 0.25) is 0 Å². The molecule has 2 N–H and O–H groups in total. The lowest BCUT2D eigenvalue weighted by Gasteiger charge is -2.19. The Hall–Kier alpha value is -3.08. The summed E-state index contributed by atoms with van der Waals surface area (Å²) in [5.74, 6) is 0. The maximum absolute atomic E-state index is 11.5. The lowest BCUT2D eigenvalue weighted by atomic mass is 10.00. The van der Waals surface area contributed by atoms with Crippen LogP contribution in [0.1, 0.15) is 11.1 Å². The highest BCUT2D eigenvalue weighted by Gasteiger charge is 2.14. The van der Waals surface area contributed by atoms with E-state index in [1.54, 1.807) is 6.20 Å². The topological polar surface area (TPSA) is 59.0 Å². The van der Waals surface area contributed by atoms with E-state index in [9.17, 15) is 4.79 Å². The van der Waals surface area contributed by atoms with Crippen molar-refractivity contribution in [3.8, 4) is 11.1 Å². The van der Waals surface area contributed by atoms with Crippen molar-refractivity contribution in [2.24, 2.45) is 0 Å². The maximum atomic E-state index is 11.5. The minimum Gasteiger partial charge on any atom is -0.334 e. The van der Waals surface area contributed by atoms with E-state index in [0.29, 0.717) is 6.54 Å². The molecule has 1 aliphatic rings. The Balaban J connectivity index is 1.65. The van der Waals surface area contributed by atoms with Gasteiger partial charge in [-0.05, 0) is 40.5 Å². The smallest absolute Gasteiger partial charge is 0.319 e. The highest BCUT2D eigenvalue weighted by atomic mass is 16.2. The lowest BCUT2D eigenvalue weighted by Crippen LogP contribution is -2.33. The van der Waals surface area contributed by atoms with Crippen LogP contribution in [0.25, 0.3) is 11.1 Å². The van der Waals surface area contributed by atoms with Crippen molar-refractivity contribution in [2.45, 2.75) is 13.1 Å². The largest absolute Gasteiger partial charge is 0.334 e. The lowest BCUT2D eigenvalue weighted by molar-refractivity contribution is 0.251. The molecule has 2 heterocycles. The average molecular weight is 304 g/mol. The first-order chi connectivity index (χ1) is 11.3. The SMILES string of the molecule is O=C1NCc2ccc(-c3cccc(Cn4cccn4)c3)cc2N1. The van der Waals surface area contributed by atoms with Gasteiger partial charge in [0.2, 0.25) is 0 Å². The van der Waals surface area contributed by atoms with Crippen LogP contribution in [0.5, 0.6) is 0 Å². The van der Waals surface area contributed by atoms with Gasteiger partial charge in [-0.2, -0.15) is 5.10 Å². The number of hydrogen-bond acceptors (Lipinski definition) is 2. The molecule has 5 nitrogen and oxygen atoms in total. The van der Waals surface area contributed by atoms with E-state index in [0.717, 1.165) is 28.9 Å². The molecule has 0 aliphatic carbocycles. The fraction of sp³-hybridized carbons (Fsp3) is 0.111. The Bertz CT molecular complexity index is 855. The summed E-state index contributed by atoms with van der Waals surface area (Å²) in [7, 11) is 0. The number of benzene rings is 2. The molecule has 114 valence electrons. The van der Waals surface area contributed by atoms with Gasteiger partial charge in [0.15, 0.2) is 0 Å². The zero-order chi connectivity index (χ0) is 15.6. The summed E-state index contributed by atoms with van der Waals surface area (Å²) in [6.45, 7) is 1.31. The molecule has 0 unspecified atom stereocenters. The number of hydrogen-bond donors (Lipinski definition) is 2. The van der Waals surface area contributed by atoms with Crippen molar-refractivity contribution < 1.29 is 4.79 Å². The van der Waals surface area contributed by atoms with E-state index in [1.807, 2.05) is 29.1 Å². The second-order valence-corrected chi connectivity index (χ2v) is 5.58. The van der Waals surface area contributed by atoms with Gasteiger partial charge in [-0.15, -0.1) is 0 Å². The van der Waals surface area contributed by atoms with E-state index in [2.05, 4.69) is 46.1 Å². The van der Waals surface area contributed by atoms with Gasteiger partial charge in [-0.1, -0.05) is 30.3 Å². The van der Waals surface area contributed by atoms with Crippen LogP contribution in [0.3, 0.4) is 0 Å². The molecule has 3 aromatic rings. The van der Waals surface area contributed by atoms with Crippen molar-refractivity contribution in [3.63, 3.8) is 0 Å². The molecule has 1 aliphatic heterocycles. The number of nitrogens with one attached hydrogen (secondary N) is 2. The molecule has 0 saturated heterocycles. The average Bonchev–Trinajstić information content (AvgIpc) is 3.07. The third-order valence-corrected chi connectivity index (χ3v) is 3.96. The molecule has 2 aromatic carbocycles. The number of anilines is 1. The Morgan fingerprint density at radius 3 is 2.87 bits per heavy atom. The highest BCUT2D eigenvalue weighted by molar-refractivity contribution is 5.93. The van der Waals surface area contributed by atoms with Gasteiger partial charge in [0.1, 0.15) is 0 Å². The zero-order valence-electron chi connectivity index (χ0n) is 12.5. The monoisotopic (exact) mass is 304 g/mol. The molecule has 0 bridgehead atoms. The van der Waals surface area contributed by atoms with Gasteiger partial charge in [0.25, 0.3) is 0 Å². The first kappa shape index (κ1) is 13.6. The number of fused-ring (bicyclic) bond motifs is 1. The summed E-state index contributed by atoms with van der Waals surface area (Å²) < 4.78 is 1.90. The molecule has 0 fully saturated rings. The van der Waals surface area contributed by atoms with E-state index >= 15 is 0 Å². The number of aromatic nitrogens is 2. The second kappa shape index (κ2) is 5.61. The fourth-order valence-corrected chi connectivity index (χ4v) is 2.80. The Labute approximate surface area is 134 Å². The minimum absolute atomic E-state index is 0.151. The predicted molar refractivity (Wildman–Crippen MR) is 89.1 cm³/mol. The second-order valence-electron chi connectivity index (χ2n) is 5.58. The summed E-state index contributed by atoms with van der Waals surface area (Å²) in [4.78, 5) is 11.5. The molecule has 0 saturated carbocycles. The van der Waals surface area contributed by atoms with E-state index in [1.165, 1.54) is 5.56 Å². The normalized spacial score (nSPS) is 13.1. The number of rotatable bonds is 3. The van der Waals surface area contributed by atoms with Crippen molar-refractivity contribution in [1.29, 1.82) is 0 Å². The van der Waals surface area contributed by atoms with Crippen molar-refractivity contribution in [2.75, 3.05) is 5.32 Å². The highest BCUT2D eigenvalue weighted by Crippen LogP contribution is 2.28. The number of nitrogens with zero attached hydrogens (tertiary/aromatic N) is 2. The molecule has 0 spiro atoms. The van der Waals surface area contributed by atoms with Crippen LogP contribution in [0.4, 0.5) is 10.5 Å². The Morgan fingerprint density at radius 2 is 2.00 bits per heavy atom. The third-order valence-electron chi connectivity index (χ3n) is 3.96. The number of urea groups is 1. The molecule has 0 atom stereocenters. The first-order valence-corrected chi connectivity index (χ1v) is 7.52. The summed E-state index contributed by atoms with van der Waals surface area (Å²) >= 11 is 0. The summed E-state index contributed by atoms with van der Waals surface area (Å²) in [5, 5.41) is 9.87. The Kier molecular flexibility index (Phi) is 3.31. The van der Waals surface area contributed by atoms with E-state index in [4.69, 9.17) is 0 Å². The molecule has 0 radical (unpaired) electrons. The van der Waals surface area contributed by atoms with Crippen LogP contribution in [-0.2, 0) is 13.1 Å². The van der Waals surface area contributed by atoms with Gasteiger partial charge in [0.05, 0.1) is 6.54 Å². The van der Waals surface area contributed by atoms with Crippen LogP contribution >= 0.6 is 0 Å². The molecule has 5 heteroatoms. The molecule has 23 heavy (non-hydrogen) atoms. The number of carbonyl (C=O) groups is 1. The molecular weight excluding hydrogens is 288 g/mol. The summed E-state index contributed by atoms with van der Waals surface area (Å²) in [6.07, 6.45) is 3.73. The minimum atomic E-state index is -0.151. The van der Waals surface area contributed by atoms with E-state index in [-0.39, 0.29) is 6.03 Å². The van der Waals surface area contributed by atoms with Crippen LogP contribution in [-0.4, -0.2) is 15.8 Å². The molecule has 4 rings (SSSR count). The molecular formula is C18H16N4O.